The third kappa shape index (κ3) is 2.28. The Hall–Kier alpha value is -2.04. The maximum atomic E-state index is 12.2. The van der Waals surface area contributed by atoms with Crippen molar-refractivity contribution in [3.8, 4) is 0 Å². The van der Waals surface area contributed by atoms with E-state index < -0.39 is 0 Å². The van der Waals surface area contributed by atoms with Crippen LogP contribution >= 0.6 is 0 Å². The summed E-state index contributed by atoms with van der Waals surface area (Å²) < 4.78 is 1.52. The number of fused-ring (bicyclic) bond motifs is 1. The number of piperidine rings is 1. The second-order valence-corrected chi connectivity index (χ2v) is 4.97. The van der Waals surface area contributed by atoms with Gasteiger partial charge in [-0.15, -0.1) is 0 Å². The number of rotatable bonds is 2. The Kier molecular flexibility index (Phi) is 3.11. The number of nitrogens with one attached hydrogen (secondary N) is 1. The van der Waals surface area contributed by atoms with Gasteiger partial charge in [0.05, 0.1) is 11.0 Å². The molecule has 2 heterocycles. The van der Waals surface area contributed by atoms with Gasteiger partial charge in [-0.2, -0.15) is 0 Å². The molecule has 1 aliphatic rings. The zero-order chi connectivity index (χ0) is 13.2. The molecular formula is C14H17N3O2. The summed E-state index contributed by atoms with van der Waals surface area (Å²) in [5, 5.41) is 0. The van der Waals surface area contributed by atoms with Crippen molar-refractivity contribution in [1.29, 1.82) is 0 Å². The van der Waals surface area contributed by atoms with Gasteiger partial charge >= 0.3 is 5.69 Å². The van der Waals surface area contributed by atoms with Gasteiger partial charge in [0.1, 0.15) is 6.54 Å². The van der Waals surface area contributed by atoms with Gasteiger partial charge in [0, 0.05) is 13.1 Å². The van der Waals surface area contributed by atoms with Gasteiger partial charge in [-0.3, -0.25) is 9.36 Å². The summed E-state index contributed by atoms with van der Waals surface area (Å²) in [7, 11) is 0. The molecule has 0 spiro atoms. The molecule has 3 rings (SSSR count). The van der Waals surface area contributed by atoms with Gasteiger partial charge in [0.15, 0.2) is 0 Å². The van der Waals surface area contributed by atoms with Gasteiger partial charge < -0.3 is 9.88 Å². The summed E-state index contributed by atoms with van der Waals surface area (Å²) in [5.74, 6) is 0.0338. The summed E-state index contributed by atoms with van der Waals surface area (Å²) in [6, 6.07) is 7.45. The number of H-pyrrole nitrogens is 1. The molecule has 1 saturated heterocycles. The molecule has 1 N–H and O–H groups in total. The average molecular weight is 259 g/mol. The van der Waals surface area contributed by atoms with E-state index in [0.29, 0.717) is 0 Å². The standard InChI is InChI=1S/C14H17N3O2/c18-13(16-8-4-1-5-9-16)10-17-12-7-3-2-6-11(12)15-14(17)19/h2-3,6-7H,1,4-5,8-10H2,(H,15,19). The number of carbonyl (C=O) groups excluding carboxylic acids is 1. The highest BCUT2D eigenvalue weighted by molar-refractivity contribution is 5.80. The first kappa shape index (κ1) is 12.0. The molecule has 2 aromatic rings. The highest BCUT2D eigenvalue weighted by Crippen LogP contribution is 2.12. The van der Waals surface area contributed by atoms with E-state index in [-0.39, 0.29) is 18.1 Å². The van der Waals surface area contributed by atoms with E-state index in [0.717, 1.165) is 37.0 Å². The third-order valence-electron chi connectivity index (χ3n) is 3.68. The quantitative estimate of drug-likeness (QED) is 0.884. The summed E-state index contributed by atoms with van der Waals surface area (Å²) >= 11 is 0. The SMILES string of the molecule is O=C(Cn1c(=O)[nH]c2ccccc21)N1CCCCC1. The summed E-state index contributed by atoms with van der Waals surface area (Å²) in [6.07, 6.45) is 3.32. The van der Waals surface area contributed by atoms with Gasteiger partial charge in [-0.1, -0.05) is 12.1 Å². The molecule has 0 atom stereocenters. The molecule has 0 bridgehead atoms. The van der Waals surface area contributed by atoms with E-state index in [4.69, 9.17) is 0 Å². The predicted octanol–water partition coefficient (Wildman–Crippen LogP) is 1.34. The van der Waals surface area contributed by atoms with Crippen molar-refractivity contribution < 1.29 is 4.79 Å². The minimum atomic E-state index is -0.216. The Bertz CT molecular complexity index is 650. The highest BCUT2D eigenvalue weighted by Gasteiger charge is 2.18. The number of likely N-dealkylation sites (tertiary alicyclic amines) is 1. The minimum absolute atomic E-state index is 0.0338. The van der Waals surface area contributed by atoms with E-state index in [9.17, 15) is 9.59 Å². The van der Waals surface area contributed by atoms with Crippen LogP contribution in [0.3, 0.4) is 0 Å². The number of hydrogen-bond acceptors (Lipinski definition) is 2. The number of hydrogen-bond donors (Lipinski definition) is 1. The molecule has 1 aromatic heterocycles. The van der Waals surface area contributed by atoms with E-state index in [1.54, 1.807) is 0 Å². The summed E-state index contributed by atoms with van der Waals surface area (Å²) in [5.41, 5.74) is 1.35. The van der Waals surface area contributed by atoms with Crippen molar-refractivity contribution in [2.24, 2.45) is 0 Å². The topological polar surface area (TPSA) is 58.1 Å². The maximum absolute atomic E-state index is 12.2. The fourth-order valence-corrected chi connectivity index (χ4v) is 2.64. The van der Waals surface area contributed by atoms with Crippen molar-refractivity contribution in [3.05, 3.63) is 34.7 Å². The van der Waals surface area contributed by atoms with Crippen LogP contribution in [-0.4, -0.2) is 33.4 Å². The van der Waals surface area contributed by atoms with Crippen molar-refractivity contribution >= 4 is 16.9 Å². The molecule has 5 heteroatoms. The van der Waals surface area contributed by atoms with Crippen LogP contribution in [0.1, 0.15) is 19.3 Å². The van der Waals surface area contributed by atoms with Gasteiger partial charge in [0.2, 0.25) is 5.91 Å². The lowest BCUT2D eigenvalue weighted by molar-refractivity contribution is -0.132. The highest BCUT2D eigenvalue weighted by atomic mass is 16.2. The lowest BCUT2D eigenvalue weighted by Crippen LogP contribution is -2.39. The molecule has 0 unspecified atom stereocenters. The van der Waals surface area contributed by atoms with Gasteiger partial charge in [0.25, 0.3) is 0 Å². The number of imidazole rings is 1. The molecule has 1 aliphatic heterocycles. The molecule has 0 radical (unpaired) electrons. The Balaban J connectivity index is 1.86. The monoisotopic (exact) mass is 259 g/mol. The van der Waals surface area contributed by atoms with Crippen molar-refractivity contribution in [2.45, 2.75) is 25.8 Å². The molecule has 19 heavy (non-hydrogen) atoms. The molecule has 1 aromatic carbocycles. The normalized spacial score (nSPS) is 15.9. The summed E-state index contributed by atoms with van der Waals surface area (Å²) in [4.78, 5) is 28.7. The zero-order valence-electron chi connectivity index (χ0n) is 10.8. The second kappa shape index (κ2) is 4.91. The number of amides is 1. The molecule has 1 amide bonds. The molecular weight excluding hydrogens is 242 g/mol. The first-order valence-corrected chi connectivity index (χ1v) is 6.71. The molecule has 5 nitrogen and oxygen atoms in total. The molecule has 100 valence electrons. The first-order chi connectivity index (χ1) is 9.25. The van der Waals surface area contributed by atoms with Crippen molar-refractivity contribution in [1.82, 2.24) is 14.5 Å². The fourth-order valence-electron chi connectivity index (χ4n) is 2.64. The van der Waals surface area contributed by atoms with Crippen LogP contribution in [0.4, 0.5) is 0 Å². The van der Waals surface area contributed by atoms with Crippen molar-refractivity contribution in [2.75, 3.05) is 13.1 Å². The lowest BCUT2D eigenvalue weighted by Gasteiger charge is -2.26. The Morgan fingerprint density at radius 2 is 1.89 bits per heavy atom. The van der Waals surface area contributed by atoms with Crippen LogP contribution in [0.2, 0.25) is 0 Å². The number of benzene rings is 1. The molecule has 1 fully saturated rings. The number of aromatic nitrogens is 2. The average Bonchev–Trinajstić information content (AvgIpc) is 2.76. The smallest absolute Gasteiger partial charge is 0.326 e. The van der Waals surface area contributed by atoms with Crippen LogP contribution in [0.5, 0.6) is 0 Å². The molecule has 0 saturated carbocycles. The van der Waals surface area contributed by atoms with Crippen LogP contribution in [0, 0.1) is 0 Å². The number of carbonyl (C=O) groups is 1. The molecule has 0 aliphatic carbocycles. The third-order valence-corrected chi connectivity index (χ3v) is 3.68. The predicted molar refractivity (Wildman–Crippen MR) is 73.0 cm³/mol. The zero-order valence-corrected chi connectivity index (χ0v) is 10.8. The second-order valence-electron chi connectivity index (χ2n) is 4.97. The number of nitrogens with zero attached hydrogens (tertiary/aromatic N) is 2. The minimum Gasteiger partial charge on any atom is -0.341 e. The fraction of sp³-hybridized carbons (Fsp3) is 0.429. The van der Waals surface area contributed by atoms with Crippen LogP contribution < -0.4 is 5.69 Å². The Morgan fingerprint density at radius 3 is 2.68 bits per heavy atom. The van der Waals surface area contributed by atoms with Crippen LogP contribution in [0.15, 0.2) is 29.1 Å². The van der Waals surface area contributed by atoms with Crippen LogP contribution in [0.25, 0.3) is 11.0 Å². The van der Waals surface area contributed by atoms with E-state index >= 15 is 0 Å². The summed E-state index contributed by atoms with van der Waals surface area (Å²) in [6.45, 7) is 1.76. The largest absolute Gasteiger partial charge is 0.341 e. The number of aromatic amines is 1. The maximum Gasteiger partial charge on any atom is 0.326 e. The number of para-hydroxylation sites is 2. The Labute approximate surface area is 110 Å². The van der Waals surface area contributed by atoms with E-state index in [1.807, 2.05) is 29.2 Å². The van der Waals surface area contributed by atoms with Gasteiger partial charge in [-0.25, -0.2) is 4.79 Å². The Morgan fingerprint density at radius 1 is 1.16 bits per heavy atom. The van der Waals surface area contributed by atoms with Crippen molar-refractivity contribution in [3.63, 3.8) is 0 Å². The van der Waals surface area contributed by atoms with Gasteiger partial charge in [-0.05, 0) is 31.4 Å². The lowest BCUT2D eigenvalue weighted by atomic mass is 10.1. The van der Waals surface area contributed by atoms with E-state index in [1.165, 1.54) is 11.0 Å². The van der Waals surface area contributed by atoms with Crippen LogP contribution in [-0.2, 0) is 11.3 Å². The first-order valence-electron chi connectivity index (χ1n) is 6.71. The van der Waals surface area contributed by atoms with E-state index in [2.05, 4.69) is 4.98 Å².